The lowest BCUT2D eigenvalue weighted by Gasteiger charge is -2.08. The molecule has 28 heavy (non-hydrogen) atoms. The zero-order valence-electron chi connectivity index (χ0n) is 15.5. The van der Waals surface area contributed by atoms with Gasteiger partial charge in [0, 0.05) is 24.9 Å². The van der Waals surface area contributed by atoms with E-state index >= 15 is 0 Å². The van der Waals surface area contributed by atoms with Gasteiger partial charge >= 0.3 is 5.69 Å². The van der Waals surface area contributed by atoms with Crippen LogP contribution in [-0.4, -0.2) is 29.6 Å². The Hall–Kier alpha value is -3.94. The normalized spacial score (nSPS) is 11.7. The van der Waals surface area contributed by atoms with E-state index in [2.05, 4.69) is 28.7 Å². The second-order valence-electron chi connectivity index (χ2n) is 5.73. The molecule has 0 saturated heterocycles. The standard InChI is InChI=1S/C20H20N6O2/c1-4-6-7-11-17(5-2)25-14-13-19(21-25)28-15-16-10-8-9-12-18(16)26-20(27)24(3)22-23-26/h4-14H,1-2,15H2,3H3/b7-6-,17-11+. The van der Waals surface area contributed by atoms with Gasteiger partial charge in [-0.25, -0.2) is 9.48 Å². The maximum Gasteiger partial charge on any atom is 0.368 e. The Bertz CT molecular complexity index is 1100. The average Bonchev–Trinajstić information content (AvgIpc) is 3.31. The van der Waals surface area contributed by atoms with Crippen molar-refractivity contribution in [3.63, 3.8) is 0 Å². The lowest BCUT2D eigenvalue weighted by Crippen LogP contribution is -2.23. The highest BCUT2D eigenvalue weighted by molar-refractivity contribution is 5.57. The summed E-state index contributed by atoms with van der Waals surface area (Å²) in [6, 6.07) is 9.10. The molecule has 0 bridgehead atoms. The summed E-state index contributed by atoms with van der Waals surface area (Å²) in [6.07, 6.45) is 10.7. The van der Waals surface area contributed by atoms with Crippen LogP contribution in [0.15, 0.2) is 84.9 Å². The third-order valence-electron chi connectivity index (χ3n) is 3.87. The minimum Gasteiger partial charge on any atom is -0.472 e. The third-order valence-corrected chi connectivity index (χ3v) is 3.87. The number of rotatable bonds is 8. The molecular formula is C20H20N6O2. The van der Waals surface area contributed by atoms with Gasteiger partial charge in [0.05, 0.1) is 11.4 Å². The largest absolute Gasteiger partial charge is 0.472 e. The molecule has 3 aromatic rings. The Kier molecular flexibility index (Phi) is 5.81. The van der Waals surface area contributed by atoms with Gasteiger partial charge in [0.25, 0.3) is 0 Å². The highest BCUT2D eigenvalue weighted by Gasteiger charge is 2.11. The summed E-state index contributed by atoms with van der Waals surface area (Å²) >= 11 is 0. The molecule has 0 fully saturated rings. The first-order chi connectivity index (χ1) is 13.6. The van der Waals surface area contributed by atoms with Gasteiger partial charge in [0.1, 0.15) is 6.61 Å². The molecule has 3 rings (SSSR count). The van der Waals surface area contributed by atoms with Gasteiger partial charge in [-0.15, -0.1) is 5.10 Å². The topological polar surface area (TPSA) is 79.8 Å². The van der Waals surface area contributed by atoms with Crippen LogP contribution in [0.2, 0.25) is 0 Å². The lowest BCUT2D eigenvalue weighted by molar-refractivity contribution is 0.291. The van der Waals surface area contributed by atoms with Crippen LogP contribution in [0.5, 0.6) is 5.88 Å². The molecule has 0 N–H and O–H groups in total. The predicted molar refractivity (Wildman–Crippen MR) is 107 cm³/mol. The third kappa shape index (κ3) is 4.07. The molecule has 0 aliphatic heterocycles. The first-order valence-electron chi connectivity index (χ1n) is 8.52. The minimum absolute atomic E-state index is 0.222. The SMILES string of the molecule is C=C/C=C\C=C(/C=C)n1ccc(OCc2ccccc2-n2nnn(C)c2=O)n1. The Morgan fingerprint density at radius 1 is 1.18 bits per heavy atom. The number of aromatic nitrogens is 6. The van der Waals surface area contributed by atoms with E-state index in [4.69, 9.17) is 4.74 Å². The average molecular weight is 376 g/mol. The summed E-state index contributed by atoms with van der Waals surface area (Å²) in [6.45, 7) is 7.65. The monoisotopic (exact) mass is 376 g/mol. The van der Waals surface area contributed by atoms with Gasteiger partial charge in [-0.2, -0.15) is 9.36 Å². The van der Waals surface area contributed by atoms with Crippen molar-refractivity contribution < 1.29 is 4.74 Å². The molecule has 2 aromatic heterocycles. The van der Waals surface area contributed by atoms with Crippen molar-refractivity contribution in [2.45, 2.75) is 6.61 Å². The molecule has 0 aliphatic carbocycles. The molecule has 0 spiro atoms. The van der Waals surface area contributed by atoms with E-state index < -0.39 is 0 Å². The fourth-order valence-electron chi connectivity index (χ4n) is 2.45. The Morgan fingerprint density at radius 3 is 2.71 bits per heavy atom. The van der Waals surface area contributed by atoms with Crippen LogP contribution >= 0.6 is 0 Å². The molecule has 0 saturated carbocycles. The van der Waals surface area contributed by atoms with Crippen LogP contribution in [0, 0.1) is 0 Å². The lowest BCUT2D eigenvalue weighted by atomic mass is 10.2. The zero-order chi connectivity index (χ0) is 19.9. The van der Waals surface area contributed by atoms with Crippen molar-refractivity contribution in [2.24, 2.45) is 7.05 Å². The van der Waals surface area contributed by atoms with Crippen LogP contribution in [0.1, 0.15) is 5.56 Å². The second kappa shape index (κ2) is 8.63. The molecule has 8 nitrogen and oxygen atoms in total. The van der Waals surface area contributed by atoms with Crippen LogP contribution in [0.25, 0.3) is 11.4 Å². The van der Waals surface area contributed by atoms with Gasteiger partial charge in [-0.05, 0) is 28.6 Å². The second-order valence-corrected chi connectivity index (χ2v) is 5.73. The van der Waals surface area contributed by atoms with Gasteiger partial charge in [0.2, 0.25) is 5.88 Å². The van der Waals surface area contributed by atoms with Gasteiger partial charge in [-0.3, -0.25) is 0 Å². The van der Waals surface area contributed by atoms with Gasteiger partial charge in [0.15, 0.2) is 0 Å². The molecule has 2 heterocycles. The van der Waals surface area contributed by atoms with E-state index in [1.54, 1.807) is 42.2 Å². The summed E-state index contributed by atoms with van der Waals surface area (Å²) < 4.78 is 9.87. The molecule has 0 radical (unpaired) electrons. The highest BCUT2D eigenvalue weighted by Crippen LogP contribution is 2.16. The molecule has 142 valence electrons. The van der Waals surface area contributed by atoms with Gasteiger partial charge in [-0.1, -0.05) is 49.6 Å². The smallest absolute Gasteiger partial charge is 0.368 e. The summed E-state index contributed by atoms with van der Waals surface area (Å²) in [5.74, 6) is 0.446. The predicted octanol–water partition coefficient (Wildman–Crippen LogP) is 2.51. The molecule has 0 unspecified atom stereocenters. The number of nitrogens with zero attached hydrogens (tertiary/aromatic N) is 6. The molecule has 0 atom stereocenters. The summed E-state index contributed by atoms with van der Waals surface area (Å²) in [5.41, 5.74) is 1.86. The van der Waals surface area contributed by atoms with E-state index in [0.29, 0.717) is 11.6 Å². The molecule has 1 aromatic carbocycles. The molecular weight excluding hydrogens is 356 g/mol. The van der Waals surface area contributed by atoms with Crippen molar-refractivity contribution in [3.8, 4) is 11.6 Å². The summed E-state index contributed by atoms with van der Waals surface area (Å²) in [4.78, 5) is 12.1. The molecule has 0 aliphatic rings. The van der Waals surface area contributed by atoms with Crippen LogP contribution in [0.4, 0.5) is 0 Å². The summed E-state index contributed by atoms with van der Waals surface area (Å²) in [5, 5.41) is 12.0. The van der Waals surface area contributed by atoms with Crippen molar-refractivity contribution in [1.29, 1.82) is 0 Å². The van der Waals surface area contributed by atoms with E-state index in [9.17, 15) is 4.79 Å². The first-order valence-corrected chi connectivity index (χ1v) is 8.52. The minimum atomic E-state index is -0.329. The molecule has 0 amide bonds. The van der Waals surface area contributed by atoms with E-state index in [-0.39, 0.29) is 12.3 Å². The molecule has 8 heteroatoms. The number of benzene rings is 1. The summed E-state index contributed by atoms with van der Waals surface area (Å²) in [7, 11) is 1.55. The fraction of sp³-hybridized carbons (Fsp3) is 0.100. The Balaban J connectivity index is 1.78. The maximum absolute atomic E-state index is 12.1. The van der Waals surface area contributed by atoms with E-state index in [0.717, 1.165) is 11.3 Å². The van der Waals surface area contributed by atoms with Gasteiger partial charge < -0.3 is 4.74 Å². The number of hydrogen-bond donors (Lipinski definition) is 0. The Labute approximate surface area is 162 Å². The van der Waals surface area contributed by atoms with Crippen molar-refractivity contribution >= 4 is 5.70 Å². The zero-order valence-corrected chi connectivity index (χ0v) is 15.5. The number of ether oxygens (including phenoxy) is 1. The van der Waals surface area contributed by atoms with Crippen LogP contribution in [-0.2, 0) is 13.7 Å². The number of hydrogen-bond acceptors (Lipinski definition) is 5. The number of aryl methyl sites for hydroxylation is 1. The highest BCUT2D eigenvalue weighted by atomic mass is 16.5. The Morgan fingerprint density at radius 2 is 2.00 bits per heavy atom. The number of allylic oxidation sites excluding steroid dienone is 6. The number of para-hydroxylation sites is 1. The quantitative estimate of drug-likeness (QED) is 0.565. The van der Waals surface area contributed by atoms with E-state index in [1.165, 1.54) is 9.36 Å². The van der Waals surface area contributed by atoms with Crippen molar-refractivity contribution in [1.82, 2.24) is 29.6 Å². The maximum atomic E-state index is 12.1. The van der Waals surface area contributed by atoms with Crippen LogP contribution < -0.4 is 10.4 Å². The first kappa shape index (κ1) is 18.8. The fourth-order valence-corrected chi connectivity index (χ4v) is 2.45. The number of tetrazole rings is 1. The van der Waals surface area contributed by atoms with Crippen molar-refractivity contribution in [3.05, 3.63) is 96.1 Å². The van der Waals surface area contributed by atoms with Crippen LogP contribution in [0.3, 0.4) is 0 Å². The van der Waals surface area contributed by atoms with E-state index in [1.807, 2.05) is 36.4 Å². The van der Waals surface area contributed by atoms with Crippen molar-refractivity contribution in [2.75, 3.05) is 0 Å².